The van der Waals surface area contributed by atoms with Crippen LogP contribution in [0.3, 0.4) is 0 Å². The molecule has 0 saturated carbocycles. The van der Waals surface area contributed by atoms with Crippen LogP contribution < -0.4 is 5.32 Å². The molecule has 7 heteroatoms. The van der Waals surface area contributed by atoms with Gasteiger partial charge in [-0.15, -0.1) is 11.3 Å². The first-order valence-electron chi connectivity index (χ1n) is 8.21. The monoisotopic (exact) mass is 341 g/mol. The number of hydrogen-bond acceptors (Lipinski definition) is 6. The molecule has 1 aromatic heterocycles. The van der Waals surface area contributed by atoms with Crippen molar-refractivity contribution < 1.29 is 14.3 Å². The van der Waals surface area contributed by atoms with Gasteiger partial charge in [0, 0.05) is 31.6 Å². The molecule has 1 fully saturated rings. The Balaban J connectivity index is 1.75. The first-order chi connectivity index (χ1) is 11.0. The molecule has 1 N–H and O–H groups in total. The average molecular weight is 341 g/mol. The van der Waals surface area contributed by atoms with Crippen molar-refractivity contribution in [3.8, 4) is 0 Å². The number of thiazole rings is 1. The Bertz CT molecular complexity index is 487. The van der Waals surface area contributed by atoms with Crippen LogP contribution in [0.5, 0.6) is 0 Å². The van der Waals surface area contributed by atoms with E-state index in [1.807, 2.05) is 5.38 Å². The lowest BCUT2D eigenvalue weighted by Gasteiger charge is -2.25. The molecule has 1 atom stereocenters. The van der Waals surface area contributed by atoms with Crippen molar-refractivity contribution in [2.24, 2.45) is 5.92 Å². The molecule has 2 rings (SSSR count). The minimum Gasteiger partial charge on any atom is -0.379 e. The molecule has 130 valence electrons. The van der Waals surface area contributed by atoms with Crippen molar-refractivity contribution in [1.82, 2.24) is 9.88 Å². The van der Waals surface area contributed by atoms with Gasteiger partial charge >= 0.3 is 0 Å². The van der Waals surface area contributed by atoms with Crippen LogP contribution in [0.25, 0.3) is 0 Å². The van der Waals surface area contributed by atoms with Crippen LogP contribution >= 0.6 is 11.3 Å². The fourth-order valence-electron chi connectivity index (χ4n) is 2.19. The molecular weight excluding hydrogens is 314 g/mol. The number of anilines is 1. The molecule has 0 aliphatic carbocycles. The van der Waals surface area contributed by atoms with Crippen LogP contribution in [0, 0.1) is 5.92 Å². The number of nitrogens with zero attached hydrogens (tertiary/aromatic N) is 2. The molecule has 23 heavy (non-hydrogen) atoms. The topological polar surface area (TPSA) is 63.7 Å². The predicted octanol–water partition coefficient (Wildman–Crippen LogP) is 2.37. The highest BCUT2D eigenvalue weighted by Gasteiger charge is 2.16. The Labute approximate surface area is 142 Å². The highest BCUT2D eigenvalue weighted by atomic mass is 32.1. The Morgan fingerprint density at radius 1 is 1.43 bits per heavy atom. The van der Waals surface area contributed by atoms with E-state index < -0.39 is 6.10 Å². The SMILES string of the molecule is CC(C)CCOC(C)C(=O)Nc1nc(CN2CCOCC2)cs1. The Hall–Kier alpha value is -1.02. The number of carbonyl (C=O) groups excluding carboxylic acids is 1. The van der Waals surface area contributed by atoms with Gasteiger partial charge in [-0.05, 0) is 19.3 Å². The average Bonchev–Trinajstić information content (AvgIpc) is 2.94. The summed E-state index contributed by atoms with van der Waals surface area (Å²) in [5.41, 5.74) is 0.987. The maximum absolute atomic E-state index is 12.1. The smallest absolute Gasteiger partial charge is 0.254 e. The molecule has 0 bridgehead atoms. The van der Waals surface area contributed by atoms with Crippen molar-refractivity contribution in [2.45, 2.75) is 39.8 Å². The molecule has 1 aliphatic rings. The second-order valence-corrected chi connectivity index (χ2v) is 7.08. The lowest BCUT2D eigenvalue weighted by Crippen LogP contribution is -2.35. The third-order valence-electron chi connectivity index (χ3n) is 3.70. The van der Waals surface area contributed by atoms with Gasteiger partial charge in [-0.1, -0.05) is 13.8 Å². The molecule has 1 amide bonds. The van der Waals surface area contributed by atoms with Gasteiger partial charge in [-0.25, -0.2) is 4.98 Å². The second-order valence-electron chi connectivity index (χ2n) is 6.22. The molecule has 2 heterocycles. The summed E-state index contributed by atoms with van der Waals surface area (Å²) in [6.07, 6.45) is 0.499. The summed E-state index contributed by atoms with van der Waals surface area (Å²) in [5, 5.41) is 5.47. The van der Waals surface area contributed by atoms with E-state index in [2.05, 4.69) is 29.0 Å². The number of amides is 1. The molecule has 0 spiro atoms. The van der Waals surface area contributed by atoms with Gasteiger partial charge in [0.05, 0.1) is 18.9 Å². The van der Waals surface area contributed by atoms with Crippen LogP contribution in [-0.2, 0) is 20.8 Å². The van der Waals surface area contributed by atoms with E-state index >= 15 is 0 Å². The first-order valence-corrected chi connectivity index (χ1v) is 9.09. The summed E-state index contributed by atoms with van der Waals surface area (Å²) in [6, 6.07) is 0. The lowest BCUT2D eigenvalue weighted by molar-refractivity contribution is -0.126. The largest absolute Gasteiger partial charge is 0.379 e. The molecule has 1 saturated heterocycles. The minimum atomic E-state index is -0.458. The quantitative estimate of drug-likeness (QED) is 0.786. The summed E-state index contributed by atoms with van der Waals surface area (Å²) in [6.45, 7) is 10.9. The third-order valence-corrected chi connectivity index (χ3v) is 4.51. The maximum Gasteiger partial charge on any atom is 0.254 e. The fraction of sp³-hybridized carbons (Fsp3) is 0.750. The fourth-order valence-corrected chi connectivity index (χ4v) is 2.89. The first kappa shape index (κ1) is 18.3. The molecule has 1 aliphatic heterocycles. The van der Waals surface area contributed by atoms with Crippen LogP contribution in [0.4, 0.5) is 5.13 Å². The van der Waals surface area contributed by atoms with Gasteiger partial charge in [0.2, 0.25) is 0 Å². The van der Waals surface area contributed by atoms with Gasteiger partial charge in [-0.2, -0.15) is 0 Å². The summed E-state index contributed by atoms with van der Waals surface area (Å²) in [7, 11) is 0. The number of ether oxygens (including phenoxy) is 2. The van der Waals surface area contributed by atoms with Crippen molar-refractivity contribution in [1.29, 1.82) is 0 Å². The third kappa shape index (κ3) is 6.55. The summed E-state index contributed by atoms with van der Waals surface area (Å²) in [5.74, 6) is 0.438. The maximum atomic E-state index is 12.1. The highest BCUT2D eigenvalue weighted by molar-refractivity contribution is 7.13. The van der Waals surface area contributed by atoms with E-state index in [4.69, 9.17) is 9.47 Å². The molecule has 6 nitrogen and oxygen atoms in total. The summed E-state index contributed by atoms with van der Waals surface area (Å²) < 4.78 is 10.9. The number of aromatic nitrogens is 1. The van der Waals surface area contributed by atoms with Crippen LogP contribution in [0.1, 0.15) is 32.9 Å². The van der Waals surface area contributed by atoms with Crippen molar-refractivity contribution in [3.05, 3.63) is 11.1 Å². The van der Waals surface area contributed by atoms with Crippen LogP contribution in [0.2, 0.25) is 0 Å². The number of hydrogen-bond donors (Lipinski definition) is 1. The number of carbonyl (C=O) groups is 1. The Morgan fingerprint density at radius 2 is 2.17 bits per heavy atom. The van der Waals surface area contributed by atoms with Gasteiger partial charge in [0.25, 0.3) is 5.91 Å². The van der Waals surface area contributed by atoms with Crippen LogP contribution in [-0.4, -0.2) is 54.8 Å². The summed E-state index contributed by atoms with van der Waals surface area (Å²) >= 11 is 1.46. The van der Waals surface area contributed by atoms with Gasteiger partial charge in [0.1, 0.15) is 6.10 Å². The summed E-state index contributed by atoms with van der Waals surface area (Å²) in [4.78, 5) is 18.9. The van der Waals surface area contributed by atoms with E-state index in [0.29, 0.717) is 17.7 Å². The molecule has 0 radical (unpaired) electrons. The number of morpholine rings is 1. The van der Waals surface area contributed by atoms with E-state index in [0.717, 1.165) is 45.0 Å². The zero-order valence-corrected chi connectivity index (χ0v) is 15.0. The minimum absolute atomic E-state index is 0.138. The van der Waals surface area contributed by atoms with E-state index in [1.54, 1.807) is 6.92 Å². The van der Waals surface area contributed by atoms with Crippen molar-refractivity contribution in [3.63, 3.8) is 0 Å². The van der Waals surface area contributed by atoms with E-state index in [-0.39, 0.29) is 5.91 Å². The molecule has 1 aromatic rings. The zero-order chi connectivity index (χ0) is 16.7. The predicted molar refractivity (Wildman–Crippen MR) is 91.7 cm³/mol. The van der Waals surface area contributed by atoms with Gasteiger partial charge in [0.15, 0.2) is 5.13 Å². The normalized spacial score (nSPS) is 17.4. The van der Waals surface area contributed by atoms with Gasteiger partial charge < -0.3 is 9.47 Å². The second kappa shape index (κ2) is 9.32. The molecule has 0 aromatic carbocycles. The lowest BCUT2D eigenvalue weighted by atomic mass is 10.1. The Morgan fingerprint density at radius 3 is 2.87 bits per heavy atom. The van der Waals surface area contributed by atoms with E-state index in [1.165, 1.54) is 11.3 Å². The molecule has 1 unspecified atom stereocenters. The number of nitrogens with one attached hydrogen (secondary N) is 1. The van der Waals surface area contributed by atoms with Crippen molar-refractivity contribution in [2.75, 3.05) is 38.2 Å². The standard InChI is InChI=1S/C16H27N3O3S/c1-12(2)4-7-22-13(3)15(20)18-16-17-14(11-23-16)10-19-5-8-21-9-6-19/h11-13H,4-10H2,1-3H3,(H,17,18,20). The molecular formula is C16H27N3O3S. The van der Waals surface area contributed by atoms with Crippen LogP contribution in [0.15, 0.2) is 5.38 Å². The zero-order valence-electron chi connectivity index (χ0n) is 14.2. The number of rotatable bonds is 8. The van der Waals surface area contributed by atoms with Gasteiger partial charge in [-0.3, -0.25) is 15.0 Å². The highest BCUT2D eigenvalue weighted by Crippen LogP contribution is 2.18. The van der Waals surface area contributed by atoms with Crippen molar-refractivity contribution >= 4 is 22.4 Å². The van der Waals surface area contributed by atoms with E-state index in [9.17, 15) is 4.79 Å². The Kier molecular flexibility index (Phi) is 7.42.